The lowest BCUT2D eigenvalue weighted by atomic mass is 9.99. The monoisotopic (exact) mass is 459 g/mol. The van der Waals surface area contributed by atoms with Crippen molar-refractivity contribution in [2.45, 2.75) is 44.9 Å². The van der Waals surface area contributed by atoms with E-state index in [0.717, 1.165) is 59.6 Å². The molecule has 2 aromatic rings. The number of nitrogens with zero attached hydrogens (tertiary/aromatic N) is 5. The Kier molecular flexibility index (Phi) is 6.43. The second-order valence-electron chi connectivity index (χ2n) is 8.83. The molecule has 10 heteroatoms. The molecule has 1 aromatic carbocycles. The maximum atomic E-state index is 13.1. The zero-order valence-electron chi connectivity index (χ0n) is 19.0. The lowest BCUT2D eigenvalue weighted by Gasteiger charge is -2.24. The average molecular weight is 460 g/mol. The number of anilines is 2. The third-order valence-electron chi connectivity index (χ3n) is 6.13. The number of hydrogen-bond donors (Lipinski definition) is 1. The first-order chi connectivity index (χ1) is 15.2. The lowest BCUT2D eigenvalue weighted by molar-refractivity contribution is -0.213. The highest BCUT2D eigenvalue weighted by Gasteiger charge is 2.25. The van der Waals surface area contributed by atoms with Crippen molar-refractivity contribution in [2.24, 2.45) is 11.4 Å². The zero-order valence-corrected chi connectivity index (χ0v) is 19.8. The molecule has 0 radical (unpaired) electrons. The van der Waals surface area contributed by atoms with Gasteiger partial charge < -0.3 is 15.3 Å². The van der Waals surface area contributed by atoms with Gasteiger partial charge in [-0.1, -0.05) is 6.07 Å². The van der Waals surface area contributed by atoms with Crippen molar-refractivity contribution in [2.75, 3.05) is 36.8 Å². The van der Waals surface area contributed by atoms with Crippen LogP contribution < -0.4 is 14.7 Å². The molecule has 0 atom stereocenters. The molecule has 2 aliphatic carbocycles. The Balaban J connectivity index is 1.61. The van der Waals surface area contributed by atoms with Crippen LogP contribution in [0, 0.1) is 0 Å². The summed E-state index contributed by atoms with van der Waals surface area (Å²) in [5.74, 6) is 0. The average Bonchev–Trinajstić information content (AvgIpc) is 3.44. The largest absolute Gasteiger partial charge is 0.845 e. The van der Waals surface area contributed by atoms with Gasteiger partial charge in [-0.25, -0.2) is 4.31 Å². The molecule has 0 unspecified atom stereocenters. The smallest absolute Gasteiger partial charge is 0.345 e. The highest BCUT2D eigenvalue weighted by molar-refractivity contribution is 7.91. The SMILES string of the molecule is CN(C)CCCN(c1cnn(C)c1)S(=O)(=O)/N=C(\[O-])Nc1c2c(cc3c1CCC3)CCC2. The van der Waals surface area contributed by atoms with Crippen LogP contribution in [0.2, 0.25) is 0 Å². The highest BCUT2D eigenvalue weighted by atomic mass is 32.2. The van der Waals surface area contributed by atoms with Crippen molar-refractivity contribution < 1.29 is 13.5 Å². The molecule has 0 fully saturated rings. The summed E-state index contributed by atoms with van der Waals surface area (Å²) in [7, 11) is 1.34. The first kappa shape index (κ1) is 22.6. The molecule has 1 aromatic heterocycles. The Morgan fingerprint density at radius 3 is 2.38 bits per heavy atom. The molecule has 0 spiro atoms. The van der Waals surface area contributed by atoms with Crippen LogP contribution in [0.5, 0.6) is 0 Å². The summed E-state index contributed by atoms with van der Waals surface area (Å²) in [6.45, 7) is 0.917. The first-order valence-corrected chi connectivity index (χ1v) is 12.5. The Morgan fingerprint density at radius 1 is 1.16 bits per heavy atom. The molecule has 4 rings (SSSR count). The van der Waals surface area contributed by atoms with Crippen LogP contribution in [0.15, 0.2) is 22.9 Å². The quantitative estimate of drug-likeness (QED) is 0.470. The molecule has 0 saturated heterocycles. The van der Waals surface area contributed by atoms with E-state index in [-0.39, 0.29) is 6.54 Å². The van der Waals surface area contributed by atoms with Crippen molar-refractivity contribution in [1.82, 2.24) is 14.7 Å². The van der Waals surface area contributed by atoms with Crippen molar-refractivity contribution in [3.63, 3.8) is 0 Å². The molecule has 2 aliphatic rings. The van der Waals surface area contributed by atoms with Crippen LogP contribution in [0.25, 0.3) is 0 Å². The van der Waals surface area contributed by atoms with E-state index >= 15 is 0 Å². The minimum Gasteiger partial charge on any atom is -0.845 e. The molecule has 1 heterocycles. The van der Waals surface area contributed by atoms with Gasteiger partial charge in [-0.3, -0.25) is 4.68 Å². The Bertz CT molecular complexity index is 1090. The van der Waals surface area contributed by atoms with Crippen molar-refractivity contribution in [1.29, 1.82) is 0 Å². The summed E-state index contributed by atoms with van der Waals surface area (Å²) in [5, 5.41) is 19.8. The maximum absolute atomic E-state index is 13.1. The number of rotatable bonds is 8. The van der Waals surface area contributed by atoms with Gasteiger partial charge in [0.25, 0.3) is 0 Å². The van der Waals surface area contributed by atoms with Gasteiger partial charge in [-0.05, 0) is 87.8 Å². The van der Waals surface area contributed by atoms with Gasteiger partial charge in [0, 0.05) is 25.5 Å². The predicted molar refractivity (Wildman–Crippen MR) is 124 cm³/mol. The van der Waals surface area contributed by atoms with E-state index in [9.17, 15) is 13.5 Å². The summed E-state index contributed by atoms with van der Waals surface area (Å²) in [5.41, 5.74) is 6.00. The van der Waals surface area contributed by atoms with Gasteiger partial charge in [-0.15, -0.1) is 4.40 Å². The van der Waals surface area contributed by atoms with Crippen LogP contribution in [-0.4, -0.2) is 56.3 Å². The summed E-state index contributed by atoms with van der Waals surface area (Å²) in [4.78, 5) is 1.98. The number of aryl methyl sites for hydroxylation is 3. The van der Waals surface area contributed by atoms with E-state index in [2.05, 4.69) is 20.9 Å². The summed E-state index contributed by atoms with van der Waals surface area (Å²) < 4.78 is 32.6. The summed E-state index contributed by atoms with van der Waals surface area (Å²) >= 11 is 0. The Hall–Kier alpha value is -2.59. The molecule has 0 aliphatic heterocycles. The number of nitrogens with one attached hydrogen (secondary N) is 1. The topological polar surface area (TPSA) is 106 Å². The van der Waals surface area contributed by atoms with Crippen LogP contribution in [0.4, 0.5) is 11.4 Å². The molecule has 9 nitrogen and oxygen atoms in total. The number of aromatic nitrogens is 2. The standard InChI is InChI=1S/C22H32N6O3S/c1-26(2)11-6-12-28(18-14-23-27(3)15-18)32(30,31)25-22(29)24-21-19-9-4-7-16(19)13-17-8-5-10-20(17)21/h13-15H,4-12H2,1-3H3,(H2,24,25,29)/p-1. The molecule has 0 amide bonds. The van der Waals surface area contributed by atoms with Crippen LogP contribution in [0.1, 0.15) is 41.5 Å². The molecule has 0 saturated carbocycles. The van der Waals surface area contributed by atoms with E-state index in [1.165, 1.54) is 22.0 Å². The molecule has 1 N–H and O–H groups in total. The molecule has 174 valence electrons. The molecular formula is C22H31N6O3S-. The third-order valence-corrected chi connectivity index (χ3v) is 7.47. The van der Waals surface area contributed by atoms with Crippen LogP contribution >= 0.6 is 0 Å². The first-order valence-electron chi connectivity index (χ1n) is 11.1. The van der Waals surface area contributed by atoms with E-state index < -0.39 is 16.2 Å². The van der Waals surface area contributed by atoms with Crippen molar-refractivity contribution in [3.05, 3.63) is 40.7 Å². The fourth-order valence-electron chi connectivity index (χ4n) is 4.70. The third kappa shape index (κ3) is 4.75. The minimum absolute atomic E-state index is 0.207. The number of fused-ring (bicyclic) bond motifs is 2. The number of amidine groups is 1. The normalized spacial score (nSPS) is 15.8. The fourth-order valence-corrected chi connectivity index (χ4v) is 5.77. The Morgan fingerprint density at radius 2 is 1.81 bits per heavy atom. The lowest BCUT2D eigenvalue weighted by Crippen LogP contribution is -2.36. The fraction of sp³-hybridized carbons (Fsp3) is 0.545. The number of hydrogen-bond acceptors (Lipinski definition) is 5. The second kappa shape index (κ2) is 9.11. The zero-order chi connectivity index (χ0) is 22.9. The van der Waals surface area contributed by atoms with Gasteiger partial charge in [0.2, 0.25) is 0 Å². The van der Waals surface area contributed by atoms with Crippen LogP contribution in [-0.2, 0) is 42.9 Å². The van der Waals surface area contributed by atoms with Gasteiger partial charge >= 0.3 is 10.2 Å². The molecular weight excluding hydrogens is 428 g/mol. The second-order valence-corrected chi connectivity index (χ2v) is 10.4. The van der Waals surface area contributed by atoms with Crippen LogP contribution in [0.3, 0.4) is 0 Å². The Labute approximate surface area is 189 Å². The van der Waals surface area contributed by atoms with E-state index in [4.69, 9.17) is 0 Å². The van der Waals surface area contributed by atoms with Crippen molar-refractivity contribution in [3.8, 4) is 0 Å². The molecule has 32 heavy (non-hydrogen) atoms. The minimum atomic E-state index is -4.23. The van der Waals surface area contributed by atoms with Gasteiger partial charge in [0.1, 0.15) is 0 Å². The predicted octanol–water partition coefficient (Wildman–Crippen LogP) is 1.23. The van der Waals surface area contributed by atoms with Gasteiger partial charge in [0.05, 0.1) is 17.9 Å². The summed E-state index contributed by atoms with van der Waals surface area (Å²) in [6, 6.07) is 1.42. The summed E-state index contributed by atoms with van der Waals surface area (Å²) in [6.07, 6.45) is 9.58. The van der Waals surface area contributed by atoms with E-state index in [0.29, 0.717) is 18.7 Å². The molecule has 0 bridgehead atoms. The maximum Gasteiger partial charge on any atom is 0.345 e. The van der Waals surface area contributed by atoms with Gasteiger partial charge in [0.15, 0.2) is 0 Å². The highest BCUT2D eigenvalue weighted by Crippen LogP contribution is 2.38. The van der Waals surface area contributed by atoms with Gasteiger partial charge in [-0.2, -0.15) is 13.5 Å². The van der Waals surface area contributed by atoms with E-state index in [1.807, 2.05) is 19.0 Å². The van der Waals surface area contributed by atoms with E-state index in [1.54, 1.807) is 13.2 Å². The van der Waals surface area contributed by atoms with Crippen molar-refractivity contribution >= 4 is 27.6 Å². The number of benzene rings is 1.